The number of esters is 1. The molecule has 0 saturated heterocycles. The van der Waals surface area contributed by atoms with Gasteiger partial charge in [-0.15, -0.1) is 0 Å². The van der Waals surface area contributed by atoms with E-state index in [-0.39, 0.29) is 33.8 Å². The van der Waals surface area contributed by atoms with Gasteiger partial charge >= 0.3 is 60.2 Å². The number of benzene rings is 2. The third kappa shape index (κ3) is 12.6. The van der Waals surface area contributed by atoms with Crippen LogP contribution >= 0.6 is 7.81 Å². The van der Waals surface area contributed by atoms with Crippen molar-refractivity contribution >= 4 is 13.8 Å². The number of carbonyl (C=O) groups excluding carboxylic acids is 1. The van der Waals surface area contributed by atoms with Gasteiger partial charge in [0.05, 0.1) is 7.11 Å². The van der Waals surface area contributed by atoms with Crippen molar-refractivity contribution in [3.05, 3.63) is 60.2 Å². The Balaban J connectivity index is 0.000000516. The number of methoxy groups -OCH3 is 1. The molecular formula is C18H20F6IO3P. The Labute approximate surface area is 174 Å². The molecule has 0 bridgehead atoms. The maximum atomic E-state index is 11.1. The van der Waals surface area contributed by atoms with Crippen LogP contribution in [-0.4, -0.2) is 19.7 Å². The second-order valence-corrected chi connectivity index (χ2v) is 10.9. The van der Waals surface area contributed by atoms with Gasteiger partial charge < -0.3 is 9.47 Å². The molecule has 0 aromatic heterocycles. The Morgan fingerprint density at radius 2 is 1.38 bits per heavy atom. The van der Waals surface area contributed by atoms with Crippen LogP contribution in [0.5, 0.6) is 5.75 Å². The average molecular weight is 556 g/mol. The molecule has 0 aliphatic rings. The topological polar surface area (TPSA) is 35.5 Å². The number of carbonyl (C=O) groups is 1. The van der Waals surface area contributed by atoms with Crippen molar-refractivity contribution in [1.82, 2.24) is 0 Å². The van der Waals surface area contributed by atoms with Crippen LogP contribution in [0.15, 0.2) is 36.4 Å². The van der Waals surface area contributed by atoms with Crippen LogP contribution < -0.4 is 25.9 Å². The van der Waals surface area contributed by atoms with Crippen LogP contribution in [0.25, 0.3) is 0 Å². The third-order valence-corrected chi connectivity index (χ3v) is 6.77. The molecule has 0 amide bonds. The van der Waals surface area contributed by atoms with E-state index in [1.54, 1.807) is 0 Å². The molecule has 0 spiro atoms. The number of hydrogen-bond donors (Lipinski definition) is 0. The van der Waals surface area contributed by atoms with E-state index in [0.29, 0.717) is 5.75 Å². The first-order chi connectivity index (χ1) is 12.9. The van der Waals surface area contributed by atoms with Crippen molar-refractivity contribution in [2.75, 3.05) is 13.7 Å². The Kier molecular flexibility index (Phi) is 7.62. The molecule has 0 saturated carbocycles. The van der Waals surface area contributed by atoms with E-state index in [2.05, 4.69) is 49.8 Å². The van der Waals surface area contributed by atoms with Gasteiger partial charge in [-0.25, -0.2) is 4.79 Å². The zero-order chi connectivity index (χ0) is 22.5. The van der Waals surface area contributed by atoms with Gasteiger partial charge in [0.15, 0.2) is 13.7 Å². The second-order valence-electron chi connectivity index (χ2n) is 6.08. The summed E-state index contributed by atoms with van der Waals surface area (Å²) < 4.78 is 71.9. The van der Waals surface area contributed by atoms with E-state index in [1.165, 1.54) is 30.9 Å². The van der Waals surface area contributed by atoms with Gasteiger partial charge in [-0.1, -0.05) is 17.7 Å². The van der Waals surface area contributed by atoms with Gasteiger partial charge in [0.1, 0.15) is 5.75 Å². The van der Waals surface area contributed by atoms with Crippen LogP contribution in [-0.2, 0) is 9.53 Å². The second kappa shape index (κ2) is 8.67. The minimum absolute atomic E-state index is 0.0545. The summed E-state index contributed by atoms with van der Waals surface area (Å²) in [5.41, 5.74) is 4.06. The fraction of sp³-hybridized carbons (Fsp3) is 0.278. The number of rotatable bonds is 5. The van der Waals surface area contributed by atoms with Crippen LogP contribution in [0.3, 0.4) is 0 Å². The summed E-state index contributed by atoms with van der Waals surface area (Å²) in [5, 5.41) is 0. The molecular weight excluding hydrogens is 536 g/mol. The van der Waals surface area contributed by atoms with E-state index in [9.17, 15) is 30.0 Å². The first-order valence-electron chi connectivity index (χ1n) is 8.03. The molecule has 0 atom stereocenters. The first-order valence-corrected chi connectivity index (χ1v) is 12.2. The average Bonchev–Trinajstić information content (AvgIpc) is 2.54. The van der Waals surface area contributed by atoms with Crippen LogP contribution in [0.4, 0.5) is 25.2 Å². The van der Waals surface area contributed by atoms with E-state index < -0.39 is 7.81 Å². The van der Waals surface area contributed by atoms with Crippen LogP contribution in [0, 0.1) is 27.9 Å². The standard InChI is InChI=1S/C18H20IO3.F6P/c1-12-9-13(2)18(14(3)10-12)19-15-5-7-16(8-6-15)22-11-17(20)21-4;1-7(2,3,4,5)6/h5-10H,11H2,1-4H3;/q+1;-1. The quantitative estimate of drug-likeness (QED) is 0.244. The summed E-state index contributed by atoms with van der Waals surface area (Å²) >= 11 is -0.213. The van der Waals surface area contributed by atoms with Crippen molar-refractivity contribution in [2.24, 2.45) is 0 Å². The molecule has 164 valence electrons. The predicted molar refractivity (Wildman–Crippen MR) is 95.6 cm³/mol. The Morgan fingerprint density at radius 1 is 0.931 bits per heavy atom. The number of hydrogen-bond acceptors (Lipinski definition) is 3. The summed E-state index contributed by atoms with van der Waals surface area (Å²) in [6.45, 7) is 6.45. The van der Waals surface area contributed by atoms with Gasteiger partial charge in [-0.05, 0) is 45.0 Å². The van der Waals surface area contributed by atoms with Crippen molar-refractivity contribution in [3.63, 3.8) is 0 Å². The minimum atomic E-state index is -10.7. The first kappa shape index (κ1) is 25.5. The Morgan fingerprint density at radius 3 is 1.79 bits per heavy atom. The van der Waals surface area contributed by atoms with Crippen LogP contribution in [0.1, 0.15) is 16.7 Å². The fourth-order valence-corrected chi connectivity index (χ4v) is 4.72. The zero-order valence-electron chi connectivity index (χ0n) is 16.0. The number of halogens is 7. The van der Waals surface area contributed by atoms with Crippen molar-refractivity contribution < 1.29 is 60.7 Å². The predicted octanol–water partition coefficient (Wildman–Crippen LogP) is 3.67. The van der Waals surface area contributed by atoms with Crippen LogP contribution in [0.2, 0.25) is 0 Å². The van der Waals surface area contributed by atoms with Crippen molar-refractivity contribution in [2.45, 2.75) is 20.8 Å². The SMILES string of the molecule is COC(=O)COc1ccc([I+]c2c(C)cc(C)cc2C)cc1.F[P-](F)(F)(F)(F)F. The van der Waals surface area contributed by atoms with E-state index in [1.807, 2.05) is 12.1 Å². The van der Waals surface area contributed by atoms with Gasteiger partial charge in [0.2, 0.25) is 0 Å². The third-order valence-electron chi connectivity index (χ3n) is 3.18. The van der Waals surface area contributed by atoms with E-state index >= 15 is 0 Å². The summed E-state index contributed by atoms with van der Waals surface area (Å²) in [7, 11) is -9.30. The summed E-state index contributed by atoms with van der Waals surface area (Å²) in [5.74, 6) is 0.318. The van der Waals surface area contributed by atoms with E-state index in [0.717, 1.165) is 0 Å². The van der Waals surface area contributed by atoms with Gasteiger partial charge in [-0.3, -0.25) is 0 Å². The normalized spacial score (nSPS) is 13.4. The molecule has 0 aliphatic carbocycles. The Bertz CT molecular complexity index is 833. The molecule has 3 nitrogen and oxygen atoms in total. The fourth-order valence-electron chi connectivity index (χ4n) is 2.22. The molecule has 0 aliphatic heterocycles. The molecule has 29 heavy (non-hydrogen) atoms. The molecule has 0 N–H and O–H groups in total. The number of ether oxygens (including phenoxy) is 2. The summed E-state index contributed by atoms with van der Waals surface area (Å²) in [6, 6.07) is 12.5. The molecule has 0 unspecified atom stereocenters. The zero-order valence-corrected chi connectivity index (χ0v) is 19.0. The summed E-state index contributed by atoms with van der Waals surface area (Å²) in [6.07, 6.45) is 0. The molecule has 0 radical (unpaired) electrons. The van der Waals surface area contributed by atoms with Crippen molar-refractivity contribution in [3.8, 4) is 5.75 Å². The summed E-state index contributed by atoms with van der Waals surface area (Å²) in [4.78, 5) is 11.1. The molecule has 2 aromatic rings. The number of aryl methyl sites for hydroxylation is 3. The van der Waals surface area contributed by atoms with Gasteiger partial charge in [0, 0.05) is 11.1 Å². The maximum absolute atomic E-state index is 11.1. The van der Waals surface area contributed by atoms with Gasteiger partial charge in [0.25, 0.3) is 0 Å². The molecule has 11 heteroatoms. The molecule has 0 fully saturated rings. The van der Waals surface area contributed by atoms with Gasteiger partial charge in [-0.2, -0.15) is 0 Å². The molecule has 2 aromatic carbocycles. The van der Waals surface area contributed by atoms with E-state index in [4.69, 9.17) is 4.74 Å². The molecule has 2 rings (SSSR count). The molecule has 0 heterocycles. The van der Waals surface area contributed by atoms with Crippen molar-refractivity contribution in [1.29, 1.82) is 0 Å². The monoisotopic (exact) mass is 556 g/mol. The Hall–Kier alpha value is -1.55.